The smallest absolute Gasteiger partial charge is 0.236 e. The van der Waals surface area contributed by atoms with Crippen LogP contribution in [0.4, 0.5) is 11.4 Å². The first-order valence-corrected chi connectivity index (χ1v) is 9.73. The number of nitrogens with one attached hydrogen (secondary N) is 1. The SMILES string of the molecule is O=C(CC(=O)N(Cc1ccccc1)c1ccccc1)Nc1cccc2cccnc12. The lowest BCUT2D eigenvalue weighted by Crippen LogP contribution is -2.33. The quantitative estimate of drug-likeness (QED) is 0.477. The van der Waals surface area contributed by atoms with Crippen molar-refractivity contribution >= 4 is 34.1 Å². The van der Waals surface area contributed by atoms with E-state index < -0.39 is 0 Å². The van der Waals surface area contributed by atoms with E-state index in [1.807, 2.05) is 84.9 Å². The second kappa shape index (κ2) is 9.01. The average Bonchev–Trinajstić information content (AvgIpc) is 2.79. The van der Waals surface area contributed by atoms with Gasteiger partial charge in [0.2, 0.25) is 11.8 Å². The molecule has 0 aliphatic rings. The number of hydrogen-bond donors (Lipinski definition) is 1. The van der Waals surface area contributed by atoms with E-state index in [9.17, 15) is 9.59 Å². The van der Waals surface area contributed by atoms with Crippen LogP contribution < -0.4 is 10.2 Å². The van der Waals surface area contributed by atoms with Crippen molar-refractivity contribution in [1.82, 2.24) is 4.98 Å². The maximum absolute atomic E-state index is 13.1. The van der Waals surface area contributed by atoms with Crippen LogP contribution >= 0.6 is 0 Å². The van der Waals surface area contributed by atoms with Gasteiger partial charge in [-0.15, -0.1) is 0 Å². The van der Waals surface area contributed by atoms with Gasteiger partial charge in [0, 0.05) is 17.3 Å². The van der Waals surface area contributed by atoms with Gasteiger partial charge in [0.1, 0.15) is 6.42 Å². The molecule has 5 heteroatoms. The first-order valence-electron chi connectivity index (χ1n) is 9.73. The van der Waals surface area contributed by atoms with Gasteiger partial charge in [-0.3, -0.25) is 14.6 Å². The third-order valence-corrected chi connectivity index (χ3v) is 4.77. The molecule has 148 valence electrons. The number of anilines is 2. The van der Waals surface area contributed by atoms with Gasteiger partial charge in [0.05, 0.1) is 17.7 Å². The Labute approximate surface area is 175 Å². The zero-order chi connectivity index (χ0) is 20.8. The molecular weight excluding hydrogens is 374 g/mol. The molecular formula is C25H21N3O2. The predicted octanol–water partition coefficient (Wildman–Crippen LogP) is 4.80. The van der Waals surface area contributed by atoms with Gasteiger partial charge in [0.15, 0.2) is 0 Å². The number of benzene rings is 3. The van der Waals surface area contributed by atoms with Crippen molar-refractivity contribution in [2.75, 3.05) is 10.2 Å². The van der Waals surface area contributed by atoms with Crippen LogP contribution in [0, 0.1) is 0 Å². The normalized spacial score (nSPS) is 10.5. The number of carbonyl (C=O) groups excluding carboxylic acids is 2. The largest absolute Gasteiger partial charge is 0.324 e. The van der Waals surface area contributed by atoms with Crippen molar-refractivity contribution in [2.45, 2.75) is 13.0 Å². The van der Waals surface area contributed by atoms with Crippen LogP contribution in [0.25, 0.3) is 10.9 Å². The van der Waals surface area contributed by atoms with Gasteiger partial charge < -0.3 is 10.2 Å². The van der Waals surface area contributed by atoms with E-state index in [-0.39, 0.29) is 18.2 Å². The Hall–Kier alpha value is -3.99. The summed E-state index contributed by atoms with van der Waals surface area (Å²) in [4.78, 5) is 31.7. The zero-order valence-electron chi connectivity index (χ0n) is 16.4. The highest BCUT2D eigenvalue weighted by Crippen LogP contribution is 2.22. The summed E-state index contributed by atoms with van der Waals surface area (Å²) >= 11 is 0. The highest BCUT2D eigenvalue weighted by molar-refractivity contribution is 6.10. The summed E-state index contributed by atoms with van der Waals surface area (Å²) in [5.74, 6) is -0.636. The number of para-hydroxylation sites is 2. The van der Waals surface area contributed by atoms with E-state index >= 15 is 0 Å². The Bertz CT molecular complexity index is 1160. The lowest BCUT2D eigenvalue weighted by atomic mass is 10.1. The molecule has 0 radical (unpaired) electrons. The van der Waals surface area contributed by atoms with Crippen molar-refractivity contribution in [2.24, 2.45) is 0 Å². The van der Waals surface area contributed by atoms with Crippen LogP contribution in [0.5, 0.6) is 0 Å². The molecule has 1 aromatic heterocycles. The molecule has 0 unspecified atom stereocenters. The van der Waals surface area contributed by atoms with Gasteiger partial charge in [-0.1, -0.05) is 66.7 Å². The van der Waals surface area contributed by atoms with E-state index in [1.54, 1.807) is 17.2 Å². The summed E-state index contributed by atoms with van der Waals surface area (Å²) in [5.41, 5.74) is 3.05. The molecule has 0 bridgehead atoms. The summed E-state index contributed by atoms with van der Waals surface area (Å²) in [6.07, 6.45) is 1.42. The molecule has 3 aromatic carbocycles. The van der Waals surface area contributed by atoms with Crippen LogP contribution in [-0.4, -0.2) is 16.8 Å². The second-order valence-electron chi connectivity index (χ2n) is 6.91. The zero-order valence-corrected chi connectivity index (χ0v) is 16.4. The number of pyridine rings is 1. The molecule has 0 saturated heterocycles. The Balaban J connectivity index is 1.52. The van der Waals surface area contributed by atoms with Crippen molar-refractivity contribution in [3.8, 4) is 0 Å². The summed E-state index contributed by atoms with van der Waals surface area (Å²) in [5, 5.41) is 3.76. The molecule has 1 heterocycles. The molecule has 4 aromatic rings. The van der Waals surface area contributed by atoms with Crippen LogP contribution in [-0.2, 0) is 16.1 Å². The summed E-state index contributed by atoms with van der Waals surface area (Å²) in [6.45, 7) is 0.396. The molecule has 0 aliphatic heterocycles. The average molecular weight is 395 g/mol. The van der Waals surface area contributed by atoms with E-state index in [0.717, 1.165) is 16.6 Å². The standard InChI is InChI=1S/C25H21N3O2/c29-23(27-22-15-7-11-20-12-8-16-26-25(20)22)17-24(30)28(21-13-5-2-6-14-21)18-19-9-3-1-4-10-19/h1-16H,17-18H2,(H,27,29). The van der Waals surface area contributed by atoms with Gasteiger partial charge in [-0.2, -0.15) is 0 Å². The molecule has 0 fully saturated rings. The lowest BCUT2D eigenvalue weighted by Gasteiger charge is -2.23. The number of fused-ring (bicyclic) bond motifs is 1. The van der Waals surface area contributed by atoms with E-state index in [2.05, 4.69) is 10.3 Å². The van der Waals surface area contributed by atoms with Gasteiger partial charge >= 0.3 is 0 Å². The Morgan fingerprint density at radius 2 is 1.50 bits per heavy atom. The van der Waals surface area contributed by atoms with Crippen molar-refractivity contribution in [3.05, 3.63) is 103 Å². The fourth-order valence-electron chi connectivity index (χ4n) is 3.33. The van der Waals surface area contributed by atoms with Crippen molar-refractivity contribution < 1.29 is 9.59 Å². The minimum absolute atomic E-state index is 0.259. The van der Waals surface area contributed by atoms with Gasteiger partial charge in [0.25, 0.3) is 0 Å². The van der Waals surface area contributed by atoms with Gasteiger partial charge in [-0.25, -0.2) is 0 Å². The number of hydrogen-bond acceptors (Lipinski definition) is 3. The molecule has 2 amide bonds. The molecule has 1 N–H and O–H groups in total. The van der Waals surface area contributed by atoms with E-state index in [4.69, 9.17) is 0 Å². The number of aromatic nitrogens is 1. The Kier molecular flexibility index (Phi) is 5.80. The van der Waals surface area contributed by atoms with Crippen molar-refractivity contribution in [3.63, 3.8) is 0 Å². The van der Waals surface area contributed by atoms with E-state index in [1.165, 1.54) is 0 Å². The highest BCUT2D eigenvalue weighted by Gasteiger charge is 2.20. The number of rotatable bonds is 6. The molecule has 0 aliphatic carbocycles. The van der Waals surface area contributed by atoms with Gasteiger partial charge in [-0.05, 0) is 29.8 Å². The predicted molar refractivity (Wildman–Crippen MR) is 119 cm³/mol. The monoisotopic (exact) mass is 395 g/mol. The van der Waals surface area contributed by atoms with Crippen LogP contribution in [0.3, 0.4) is 0 Å². The molecule has 0 saturated carbocycles. The van der Waals surface area contributed by atoms with Crippen LogP contribution in [0.1, 0.15) is 12.0 Å². The van der Waals surface area contributed by atoms with Crippen LogP contribution in [0.2, 0.25) is 0 Å². The topological polar surface area (TPSA) is 62.3 Å². The highest BCUT2D eigenvalue weighted by atomic mass is 16.2. The molecule has 30 heavy (non-hydrogen) atoms. The second-order valence-corrected chi connectivity index (χ2v) is 6.91. The third kappa shape index (κ3) is 4.52. The first kappa shape index (κ1) is 19.3. The molecule has 5 nitrogen and oxygen atoms in total. The minimum Gasteiger partial charge on any atom is -0.324 e. The Morgan fingerprint density at radius 3 is 2.27 bits per heavy atom. The fourth-order valence-corrected chi connectivity index (χ4v) is 3.33. The number of amides is 2. The van der Waals surface area contributed by atoms with E-state index in [0.29, 0.717) is 17.7 Å². The molecule has 0 spiro atoms. The maximum atomic E-state index is 13.1. The molecule has 0 atom stereocenters. The summed E-state index contributed by atoms with van der Waals surface area (Å²) < 4.78 is 0. The maximum Gasteiger partial charge on any atom is 0.236 e. The van der Waals surface area contributed by atoms with Crippen LogP contribution in [0.15, 0.2) is 97.2 Å². The lowest BCUT2D eigenvalue weighted by molar-refractivity contribution is -0.125. The summed E-state index contributed by atoms with van der Waals surface area (Å²) in [6, 6.07) is 28.5. The number of carbonyl (C=O) groups is 2. The minimum atomic E-state index is -0.368. The fraction of sp³-hybridized carbons (Fsp3) is 0.0800. The number of nitrogens with zero attached hydrogens (tertiary/aromatic N) is 2. The Morgan fingerprint density at radius 1 is 0.800 bits per heavy atom. The molecule has 4 rings (SSSR count). The van der Waals surface area contributed by atoms with Crippen molar-refractivity contribution in [1.29, 1.82) is 0 Å². The first-order chi connectivity index (χ1) is 14.7. The third-order valence-electron chi connectivity index (χ3n) is 4.77. The summed E-state index contributed by atoms with van der Waals surface area (Å²) in [7, 11) is 0.